The van der Waals surface area contributed by atoms with E-state index >= 15 is 0 Å². The molecule has 0 amide bonds. The average Bonchev–Trinajstić information content (AvgIpc) is 2.94. The molecule has 1 N–H and O–H groups in total. The zero-order valence-corrected chi connectivity index (χ0v) is 11.8. The summed E-state index contributed by atoms with van der Waals surface area (Å²) < 4.78 is 20.0. The number of hydrogen-bond acceptors (Lipinski definition) is 4. The van der Waals surface area contributed by atoms with Crippen LogP contribution < -0.4 is 4.74 Å². The zero-order chi connectivity index (χ0) is 15.0. The van der Waals surface area contributed by atoms with Crippen LogP contribution in [0.1, 0.15) is 12.6 Å². The first-order valence-corrected chi connectivity index (χ1v) is 6.66. The number of ether oxygens (including phenoxy) is 1. The molecule has 2 aromatic heterocycles. The quantitative estimate of drug-likeness (QED) is 0.803. The number of rotatable bonds is 3. The van der Waals surface area contributed by atoms with Crippen molar-refractivity contribution in [1.82, 2.24) is 14.6 Å². The fourth-order valence-electron chi connectivity index (χ4n) is 1.96. The van der Waals surface area contributed by atoms with Crippen molar-refractivity contribution in [1.29, 1.82) is 0 Å². The molecule has 0 fully saturated rings. The van der Waals surface area contributed by atoms with E-state index in [1.54, 1.807) is 6.07 Å². The Morgan fingerprint density at radius 2 is 2.19 bits per heavy atom. The molecule has 0 radical (unpaired) electrons. The highest BCUT2D eigenvalue weighted by atomic mass is 35.5. The molecule has 0 saturated carbocycles. The van der Waals surface area contributed by atoms with Gasteiger partial charge in [-0.05, 0) is 18.6 Å². The van der Waals surface area contributed by atoms with Gasteiger partial charge in [-0.3, -0.25) is 0 Å². The third-order valence-electron chi connectivity index (χ3n) is 2.98. The first kappa shape index (κ1) is 13.6. The minimum Gasteiger partial charge on any atom is -0.490 e. The van der Waals surface area contributed by atoms with Crippen molar-refractivity contribution in [3.63, 3.8) is 0 Å². The van der Waals surface area contributed by atoms with E-state index in [9.17, 15) is 9.50 Å². The highest BCUT2D eigenvalue weighted by Gasteiger charge is 2.17. The normalized spacial score (nSPS) is 11.0. The molecule has 108 valence electrons. The van der Waals surface area contributed by atoms with Crippen molar-refractivity contribution < 1.29 is 14.2 Å². The molecule has 0 unspecified atom stereocenters. The minimum atomic E-state index is -0.537. The van der Waals surface area contributed by atoms with E-state index in [0.29, 0.717) is 23.5 Å². The van der Waals surface area contributed by atoms with Crippen LogP contribution >= 0.6 is 11.6 Å². The Morgan fingerprint density at radius 1 is 1.38 bits per heavy atom. The predicted octanol–water partition coefficient (Wildman–Crippen LogP) is 3.58. The molecule has 0 aliphatic carbocycles. The lowest BCUT2D eigenvalue weighted by Gasteiger charge is -2.12. The summed E-state index contributed by atoms with van der Waals surface area (Å²) in [4.78, 5) is 4.36. The fraction of sp³-hybridized carbons (Fsp3) is 0.143. The molecule has 0 spiro atoms. The van der Waals surface area contributed by atoms with Gasteiger partial charge in [0.05, 0.1) is 16.9 Å². The van der Waals surface area contributed by atoms with Crippen molar-refractivity contribution in [2.75, 3.05) is 0 Å². The van der Waals surface area contributed by atoms with Crippen LogP contribution in [-0.4, -0.2) is 19.7 Å². The molecular formula is C14H11ClFN3O2. The summed E-state index contributed by atoms with van der Waals surface area (Å²) >= 11 is 5.72. The van der Waals surface area contributed by atoms with Gasteiger partial charge in [0.25, 0.3) is 5.88 Å². The summed E-state index contributed by atoms with van der Waals surface area (Å²) in [5.74, 6) is -0.219. The summed E-state index contributed by atoms with van der Waals surface area (Å²) in [5, 5.41) is 14.2. The van der Waals surface area contributed by atoms with Crippen molar-refractivity contribution >= 4 is 17.2 Å². The molecule has 21 heavy (non-hydrogen) atoms. The number of aromatic nitrogens is 3. The summed E-state index contributed by atoms with van der Waals surface area (Å²) in [6, 6.07) is 5.63. The molecule has 0 atom stereocenters. The summed E-state index contributed by atoms with van der Waals surface area (Å²) in [6.45, 7) is 1.89. The minimum absolute atomic E-state index is 0.0573. The Hall–Kier alpha value is -2.34. The summed E-state index contributed by atoms with van der Waals surface area (Å²) in [6.07, 6.45) is 2.08. The van der Waals surface area contributed by atoms with Crippen LogP contribution in [0.3, 0.4) is 0 Å². The van der Waals surface area contributed by atoms with Gasteiger partial charge in [-0.15, -0.1) is 0 Å². The van der Waals surface area contributed by atoms with Crippen LogP contribution in [0.25, 0.3) is 5.65 Å². The lowest BCUT2D eigenvalue weighted by Crippen LogP contribution is -2.01. The number of nitrogens with zero attached hydrogens (tertiary/aromatic N) is 3. The number of benzene rings is 1. The molecule has 3 aromatic rings. The number of fused-ring (bicyclic) bond motifs is 1. The van der Waals surface area contributed by atoms with Crippen LogP contribution in [0, 0.1) is 5.82 Å². The van der Waals surface area contributed by atoms with E-state index in [2.05, 4.69) is 10.1 Å². The van der Waals surface area contributed by atoms with E-state index in [-0.39, 0.29) is 16.7 Å². The SMILES string of the molecule is CCc1nc2ccnn2c(O)c1Oc1ccc(F)c(Cl)c1. The van der Waals surface area contributed by atoms with Gasteiger partial charge in [-0.2, -0.15) is 9.61 Å². The largest absolute Gasteiger partial charge is 0.490 e. The molecule has 0 saturated heterocycles. The third kappa shape index (κ3) is 2.38. The van der Waals surface area contributed by atoms with E-state index in [4.69, 9.17) is 16.3 Å². The van der Waals surface area contributed by atoms with Crippen LogP contribution in [0.2, 0.25) is 5.02 Å². The molecular weight excluding hydrogens is 297 g/mol. The lowest BCUT2D eigenvalue weighted by atomic mass is 10.3. The first-order valence-electron chi connectivity index (χ1n) is 6.28. The van der Waals surface area contributed by atoms with E-state index in [0.717, 1.165) is 0 Å². The number of aromatic hydroxyl groups is 1. The third-order valence-corrected chi connectivity index (χ3v) is 3.27. The van der Waals surface area contributed by atoms with E-state index in [1.807, 2.05) is 6.92 Å². The Bertz CT molecular complexity index is 819. The van der Waals surface area contributed by atoms with E-state index < -0.39 is 5.82 Å². The lowest BCUT2D eigenvalue weighted by molar-refractivity contribution is 0.378. The van der Waals surface area contributed by atoms with Crippen molar-refractivity contribution in [3.05, 3.63) is 47.0 Å². The number of halogens is 2. The summed E-state index contributed by atoms with van der Waals surface area (Å²) in [5.41, 5.74) is 1.09. The molecule has 7 heteroatoms. The smallest absolute Gasteiger partial charge is 0.260 e. The number of hydrogen-bond donors (Lipinski definition) is 1. The molecule has 1 aromatic carbocycles. The van der Waals surface area contributed by atoms with Crippen LogP contribution in [0.4, 0.5) is 4.39 Å². The standard InChI is InChI=1S/C14H11ClFN3O2/c1-2-11-13(14(20)19-12(18-11)5-6-17-19)21-8-3-4-10(16)9(15)7-8/h3-7,20H,2H2,1H3. The molecule has 0 bridgehead atoms. The van der Waals surface area contributed by atoms with Crippen molar-refractivity contribution in [2.24, 2.45) is 0 Å². The topological polar surface area (TPSA) is 59.7 Å². The van der Waals surface area contributed by atoms with Crippen LogP contribution in [0.15, 0.2) is 30.5 Å². The summed E-state index contributed by atoms with van der Waals surface area (Å²) in [7, 11) is 0. The fourth-order valence-corrected chi connectivity index (χ4v) is 2.13. The molecule has 0 aliphatic rings. The van der Waals surface area contributed by atoms with Gasteiger partial charge in [0.1, 0.15) is 11.6 Å². The van der Waals surface area contributed by atoms with Crippen LogP contribution in [-0.2, 0) is 6.42 Å². The van der Waals surface area contributed by atoms with E-state index in [1.165, 1.54) is 28.9 Å². The second kappa shape index (κ2) is 5.21. The number of aryl methyl sites for hydroxylation is 1. The van der Waals surface area contributed by atoms with Gasteiger partial charge >= 0.3 is 0 Å². The highest BCUT2D eigenvalue weighted by Crippen LogP contribution is 2.35. The van der Waals surface area contributed by atoms with Crippen LogP contribution in [0.5, 0.6) is 17.4 Å². The monoisotopic (exact) mass is 307 g/mol. The van der Waals surface area contributed by atoms with Gasteiger partial charge in [0.2, 0.25) is 5.75 Å². The Kier molecular flexibility index (Phi) is 3.39. The van der Waals surface area contributed by atoms with Gasteiger partial charge in [0.15, 0.2) is 5.65 Å². The maximum atomic E-state index is 13.2. The second-order valence-electron chi connectivity index (χ2n) is 4.34. The zero-order valence-electron chi connectivity index (χ0n) is 11.0. The maximum Gasteiger partial charge on any atom is 0.260 e. The average molecular weight is 308 g/mol. The Balaban J connectivity index is 2.10. The van der Waals surface area contributed by atoms with Crippen molar-refractivity contribution in [3.8, 4) is 17.4 Å². The maximum absolute atomic E-state index is 13.2. The molecule has 0 aliphatic heterocycles. The Labute approximate surface area is 124 Å². The second-order valence-corrected chi connectivity index (χ2v) is 4.75. The van der Waals surface area contributed by atoms with Gasteiger partial charge < -0.3 is 9.84 Å². The highest BCUT2D eigenvalue weighted by molar-refractivity contribution is 6.30. The van der Waals surface area contributed by atoms with Gasteiger partial charge in [0, 0.05) is 12.1 Å². The van der Waals surface area contributed by atoms with Gasteiger partial charge in [-0.1, -0.05) is 18.5 Å². The van der Waals surface area contributed by atoms with Crippen molar-refractivity contribution in [2.45, 2.75) is 13.3 Å². The predicted molar refractivity (Wildman–Crippen MR) is 75.5 cm³/mol. The Morgan fingerprint density at radius 3 is 2.90 bits per heavy atom. The molecule has 3 rings (SSSR count). The molecule has 2 heterocycles. The molecule has 5 nitrogen and oxygen atoms in total. The van der Waals surface area contributed by atoms with Gasteiger partial charge in [-0.25, -0.2) is 9.37 Å². The first-order chi connectivity index (χ1) is 10.1.